The van der Waals surface area contributed by atoms with Gasteiger partial charge in [0, 0.05) is 33.1 Å². The van der Waals surface area contributed by atoms with Gasteiger partial charge in [-0.3, -0.25) is 14.4 Å². The number of anilines is 3. The Morgan fingerprint density at radius 3 is 2.45 bits per heavy atom. The molecule has 0 aliphatic carbocycles. The van der Waals surface area contributed by atoms with Crippen molar-refractivity contribution in [3.05, 3.63) is 67.9 Å². The first kappa shape index (κ1) is 28.7. The predicted octanol–water partition coefficient (Wildman–Crippen LogP) is 4.14. The zero-order valence-corrected chi connectivity index (χ0v) is 23.7. The fourth-order valence-electron chi connectivity index (χ4n) is 4.81. The first-order chi connectivity index (χ1) is 18.8. The number of amides is 2. The van der Waals surface area contributed by atoms with E-state index in [4.69, 9.17) is 9.15 Å². The molecule has 1 aliphatic heterocycles. The third kappa shape index (κ3) is 5.98. The van der Waals surface area contributed by atoms with Crippen LogP contribution in [0.3, 0.4) is 0 Å². The molecule has 1 fully saturated rings. The van der Waals surface area contributed by atoms with Gasteiger partial charge in [-0.25, -0.2) is 4.79 Å². The van der Waals surface area contributed by atoms with Gasteiger partial charge in [0.15, 0.2) is 5.75 Å². The summed E-state index contributed by atoms with van der Waals surface area (Å²) in [6.07, 6.45) is 1.05. The number of carbonyl (C=O) groups excluding carboxylic acids is 2. The highest BCUT2D eigenvalue weighted by atomic mass is 16.6. The smallest absolute Gasteiger partial charge is 0.410 e. The number of furan rings is 1. The number of rotatable bonds is 7. The second-order valence-corrected chi connectivity index (χ2v) is 11.3. The van der Waals surface area contributed by atoms with Gasteiger partial charge in [-0.05, 0) is 64.8 Å². The van der Waals surface area contributed by atoms with E-state index < -0.39 is 34.5 Å². The van der Waals surface area contributed by atoms with Gasteiger partial charge in [0.05, 0.1) is 17.3 Å². The Balaban J connectivity index is 1.63. The molecule has 1 aromatic heterocycles. The average Bonchev–Trinajstić information content (AvgIpc) is 3.33. The zero-order valence-electron chi connectivity index (χ0n) is 23.7. The van der Waals surface area contributed by atoms with Crippen molar-refractivity contribution >= 4 is 29.1 Å². The van der Waals surface area contributed by atoms with Crippen molar-refractivity contribution in [3.63, 3.8) is 0 Å². The molecule has 1 aliphatic rings. The van der Waals surface area contributed by atoms with Crippen LogP contribution in [0, 0.1) is 12.8 Å². The second-order valence-electron chi connectivity index (χ2n) is 11.3. The average molecular weight is 553 g/mol. The molecule has 40 heavy (non-hydrogen) atoms. The van der Waals surface area contributed by atoms with E-state index in [0.717, 1.165) is 12.8 Å². The summed E-state index contributed by atoms with van der Waals surface area (Å²) >= 11 is 0. The Labute approximate surface area is 232 Å². The number of likely N-dealkylation sites (tertiary alicyclic amines) is 1. The molecule has 0 bridgehead atoms. The minimum atomic E-state index is -0.750. The van der Waals surface area contributed by atoms with Gasteiger partial charge in [0.2, 0.25) is 0 Å². The SMILES string of the molecule is Cc1ccc(C(Nc2c(Nc3cccc(C(=O)N(C)C)c3O)c(=O)c2=O)C2CCCN(C(=O)OC(C)(C)C)C2)o1. The number of phenols is 1. The highest BCUT2D eigenvalue weighted by Gasteiger charge is 2.36. The maximum atomic E-state index is 12.8. The van der Waals surface area contributed by atoms with Gasteiger partial charge in [-0.15, -0.1) is 0 Å². The van der Waals surface area contributed by atoms with Crippen LogP contribution in [0.25, 0.3) is 0 Å². The minimum Gasteiger partial charge on any atom is -0.505 e. The Morgan fingerprint density at radius 2 is 1.82 bits per heavy atom. The Kier molecular flexibility index (Phi) is 7.95. The fourth-order valence-corrected chi connectivity index (χ4v) is 4.81. The minimum absolute atomic E-state index is 0.0252. The van der Waals surface area contributed by atoms with Gasteiger partial charge in [0.1, 0.15) is 28.5 Å². The van der Waals surface area contributed by atoms with Crippen LogP contribution < -0.4 is 21.5 Å². The van der Waals surface area contributed by atoms with E-state index in [1.54, 1.807) is 31.1 Å². The maximum absolute atomic E-state index is 12.8. The van der Waals surface area contributed by atoms with Crippen LogP contribution in [0.4, 0.5) is 21.9 Å². The number of benzene rings is 1. The first-order valence-electron chi connectivity index (χ1n) is 13.2. The highest BCUT2D eigenvalue weighted by Crippen LogP contribution is 2.37. The number of piperidine rings is 1. The highest BCUT2D eigenvalue weighted by molar-refractivity contribution is 5.99. The van der Waals surface area contributed by atoms with Crippen molar-refractivity contribution < 1.29 is 23.8 Å². The van der Waals surface area contributed by atoms with E-state index in [1.807, 2.05) is 33.8 Å². The third-order valence-electron chi connectivity index (χ3n) is 6.79. The number of nitrogens with zero attached hydrogens (tertiary/aromatic N) is 2. The Bertz CT molecular complexity index is 1480. The molecule has 2 heterocycles. The molecule has 2 atom stereocenters. The molecule has 2 amide bonds. The molecule has 0 spiro atoms. The molecule has 2 unspecified atom stereocenters. The molecule has 1 saturated heterocycles. The van der Waals surface area contributed by atoms with Crippen LogP contribution in [0.2, 0.25) is 0 Å². The van der Waals surface area contributed by atoms with Crippen LogP contribution in [0.15, 0.2) is 44.3 Å². The molecule has 11 heteroatoms. The van der Waals surface area contributed by atoms with E-state index in [9.17, 15) is 24.3 Å². The molecule has 11 nitrogen and oxygen atoms in total. The summed E-state index contributed by atoms with van der Waals surface area (Å²) in [5.74, 6) is 0.341. The molecular weight excluding hydrogens is 516 g/mol. The standard InChI is InChI=1S/C29H36N4O7/c1-16-12-13-20(39-16)21(17-9-8-14-33(15-17)28(38)40-29(2,3)4)31-23-22(25(35)26(23)36)30-19-11-7-10-18(24(19)34)27(37)32(5)6/h7,10-13,17,21,30-31,34H,8-9,14-15H2,1-6H3. The molecular formula is C29H36N4O7. The Hall–Kier alpha value is -4.28. The van der Waals surface area contributed by atoms with E-state index in [-0.39, 0.29) is 34.3 Å². The summed E-state index contributed by atoms with van der Waals surface area (Å²) in [7, 11) is 3.12. The quantitative estimate of drug-likeness (QED) is 0.291. The summed E-state index contributed by atoms with van der Waals surface area (Å²) < 4.78 is 11.5. The lowest BCUT2D eigenvalue weighted by Gasteiger charge is -2.37. The van der Waals surface area contributed by atoms with Gasteiger partial charge < -0.3 is 34.7 Å². The molecule has 3 aromatic rings. The van der Waals surface area contributed by atoms with Gasteiger partial charge in [-0.1, -0.05) is 6.07 Å². The number of para-hydroxylation sites is 1. The molecule has 0 saturated carbocycles. The van der Waals surface area contributed by atoms with E-state index in [1.165, 1.54) is 17.0 Å². The van der Waals surface area contributed by atoms with E-state index in [0.29, 0.717) is 24.6 Å². The fraction of sp³-hybridized carbons (Fsp3) is 0.448. The van der Waals surface area contributed by atoms with Crippen molar-refractivity contribution in [1.82, 2.24) is 9.80 Å². The molecule has 4 rings (SSSR count). The summed E-state index contributed by atoms with van der Waals surface area (Å²) in [6, 6.07) is 7.64. The van der Waals surface area contributed by atoms with Crippen molar-refractivity contribution in [1.29, 1.82) is 0 Å². The monoisotopic (exact) mass is 552 g/mol. The lowest BCUT2D eigenvalue weighted by atomic mass is 9.88. The van der Waals surface area contributed by atoms with Gasteiger partial charge in [0.25, 0.3) is 16.8 Å². The molecule has 0 radical (unpaired) electrons. The first-order valence-corrected chi connectivity index (χ1v) is 13.2. The van der Waals surface area contributed by atoms with Gasteiger partial charge in [-0.2, -0.15) is 0 Å². The second kappa shape index (κ2) is 11.1. The zero-order chi connectivity index (χ0) is 29.4. The predicted molar refractivity (Wildman–Crippen MR) is 151 cm³/mol. The Morgan fingerprint density at radius 1 is 1.12 bits per heavy atom. The maximum Gasteiger partial charge on any atom is 0.410 e. The number of hydrogen-bond acceptors (Lipinski definition) is 9. The van der Waals surface area contributed by atoms with Crippen LogP contribution in [0.1, 0.15) is 61.5 Å². The van der Waals surface area contributed by atoms with Crippen molar-refractivity contribution in [2.45, 2.75) is 52.2 Å². The number of aryl methyl sites for hydroxylation is 1. The van der Waals surface area contributed by atoms with Crippen LogP contribution in [-0.2, 0) is 4.74 Å². The number of carbonyl (C=O) groups is 2. The number of nitrogens with one attached hydrogen (secondary N) is 2. The van der Waals surface area contributed by atoms with E-state index in [2.05, 4.69) is 10.6 Å². The number of ether oxygens (including phenoxy) is 1. The normalized spacial score (nSPS) is 16.4. The van der Waals surface area contributed by atoms with Crippen molar-refractivity contribution in [2.24, 2.45) is 5.92 Å². The van der Waals surface area contributed by atoms with Gasteiger partial charge >= 0.3 is 6.09 Å². The lowest BCUT2D eigenvalue weighted by Crippen LogP contribution is -2.46. The third-order valence-corrected chi connectivity index (χ3v) is 6.79. The summed E-state index contributed by atoms with van der Waals surface area (Å²) in [4.78, 5) is 53.6. The van der Waals surface area contributed by atoms with Crippen LogP contribution in [-0.4, -0.2) is 59.7 Å². The molecule has 2 aromatic carbocycles. The van der Waals surface area contributed by atoms with Crippen molar-refractivity contribution in [3.8, 4) is 5.75 Å². The van der Waals surface area contributed by atoms with Crippen molar-refractivity contribution in [2.75, 3.05) is 37.8 Å². The summed E-state index contributed by atoms with van der Waals surface area (Å²) in [5, 5.41) is 16.8. The van der Waals surface area contributed by atoms with E-state index >= 15 is 0 Å². The molecule has 214 valence electrons. The summed E-state index contributed by atoms with van der Waals surface area (Å²) in [6.45, 7) is 8.15. The lowest BCUT2D eigenvalue weighted by molar-refractivity contribution is 0.0151. The summed E-state index contributed by atoms with van der Waals surface area (Å²) in [5.41, 5.74) is -1.91. The number of aromatic hydroxyl groups is 1. The number of hydrogen-bond donors (Lipinski definition) is 3. The molecule has 3 N–H and O–H groups in total. The van der Waals surface area contributed by atoms with Crippen LogP contribution in [0.5, 0.6) is 5.75 Å². The number of phenolic OH excluding ortho intramolecular Hbond substituents is 1. The topological polar surface area (TPSA) is 141 Å². The van der Waals surface area contributed by atoms with Crippen LogP contribution >= 0.6 is 0 Å². The largest absolute Gasteiger partial charge is 0.505 e.